The van der Waals surface area contributed by atoms with Gasteiger partial charge in [0.1, 0.15) is 5.69 Å². The number of nitrogens with two attached hydrogens (primary N) is 1. The average Bonchev–Trinajstić information content (AvgIpc) is 3.55. The monoisotopic (exact) mass is 610 g/mol. The van der Waals surface area contributed by atoms with Crippen molar-refractivity contribution in [1.29, 1.82) is 0 Å². The molecule has 1 unspecified atom stereocenters. The Balaban J connectivity index is 0.000000517. The minimum Gasteiger partial charge on any atom is -0.475 e. The number of nitrogens with zero attached hydrogens (tertiary/aromatic N) is 4. The lowest BCUT2D eigenvalue weighted by Gasteiger charge is -2.24. The first-order valence-corrected chi connectivity index (χ1v) is 14.7. The summed E-state index contributed by atoms with van der Waals surface area (Å²) in [6.07, 6.45) is 1.28. The predicted octanol–water partition coefficient (Wildman–Crippen LogP) is 2.91. The van der Waals surface area contributed by atoms with Crippen LogP contribution in [0.3, 0.4) is 0 Å². The highest BCUT2D eigenvalue weighted by Gasteiger charge is 2.41. The Morgan fingerprint density at radius 3 is 2.33 bits per heavy atom. The van der Waals surface area contributed by atoms with E-state index in [9.17, 15) is 31.2 Å². The fraction of sp³-hybridized carbons (Fsp3) is 0.423. The van der Waals surface area contributed by atoms with Crippen LogP contribution in [0.5, 0.6) is 0 Å². The van der Waals surface area contributed by atoms with E-state index in [4.69, 9.17) is 15.6 Å². The number of aromatic nitrogens is 3. The van der Waals surface area contributed by atoms with Crippen molar-refractivity contribution >= 4 is 39.1 Å². The van der Waals surface area contributed by atoms with E-state index in [1.807, 2.05) is 26.8 Å². The molecule has 5 rings (SSSR count). The zero-order valence-electron chi connectivity index (χ0n) is 23.1. The third-order valence-corrected chi connectivity index (χ3v) is 8.02. The van der Waals surface area contributed by atoms with Gasteiger partial charge in [-0.05, 0) is 57.2 Å². The zero-order valence-corrected chi connectivity index (χ0v) is 23.9. The molecule has 16 heteroatoms. The van der Waals surface area contributed by atoms with Crippen molar-refractivity contribution in [3.05, 3.63) is 41.3 Å². The van der Waals surface area contributed by atoms with Gasteiger partial charge in [-0.2, -0.15) is 13.2 Å². The Bertz CT molecular complexity index is 1700. The summed E-state index contributed by atoms with van der Waals surface area (Å²) in [5, 5.41) is 9.91. The number of amides is 2. The standard InChI is InChI=1S/C24H28N6O4S.C2HF3O2/c1-12(2)27-23(31)17-11-30-18(9-26-22(30)21(25)28-17)15-7-16-10-29(13(3)14-5-6-14)24(32)20(16)19(8-15)35(4,33)34;3-2(4,5)1(6)7/h7-9,11-14H,5-6,10H2,1-4H3,(H2,25,28)(H,27,31);(H,6,7). The molecule has 3 heterocycles. The van der Waals surface area contributed by atoms with Crippen molar-refractivity contribution in [2.45, 2.75) is 63.3 Å². The number of carboxylic acid groups (broad SMARTS) is 1. The van der Waals surface area contributed by atoms with E-state index in [0.29, 0.717) is 34.9 Å². The molecule has 0 spiro atoms. The molecule has 2 aliphatic rings. The fourth-order valence-corrected chi connectivity index (χ4v) is 5.64. The summed E-state index contributed by atoms with van der Waals surface area (Å²) in [5.41, 5.74) is 8.57. The lowest BCUT2D eigenvalue weighted by Crippen LogP contribution is -2.35. The summed E-state index contributed by atoms with van der Waals surface area (Å²) in [6.45, 7) is 6.06. The Hall–Kier alpha value is -4.21. The summed E-state index contributed by atoms with van der Waals surface area (Å²) >= 11 is 0. The number of carboxylic acids is 1. The van der Waals surface area contributed by atoms with Crippen molar-refractivity contribution < 1.29 is 41.1 Å². The first-order chi connectivity index (χ1) is 19.4. The van der Waals surface area contributed by atoms with Gasteiger partial charge < -0.3 is 21.1 Å². The molecule has 4 N–H and O–H groups in total. The average molecular weight is 611 g/mol. The van der Waals surface area contributed by atoms with E-state index >= 15 is 0 Å². The molecule has 12 nitrogen and oxygen atoms in total. The minimum absolute atomic E-state index is 0.00440. The minimum atomic E-state index is -5.08. The Labute approximate surface area is 238 Å². The zero-order chi connectivity index (χ0) is 31.3. The van der Waals surface area contributed by atoms with Gasteiger partial charge in [-0.1, -0.05) is 0 Å². The first kappa shape index (κ1) is 30.7. The van der Waals surface area contributed by atoms with Gasteiger partial charge in [0.15, 0.2) is 21.3 Å². The lowest BCUT2D eigenvalue weighted by molar-refractivity contribution is -0.192. The number of carbonyl (C=O) groups is 3. The molecule has 3 aromatic rings. The second kappa shape index (κ2) is 10.9. The number of fused-ring (bicyclic) bond motifs is 2. The maximum absolute atomic E-state index is 13.3. The highest BCUT2D eigenvalue weighted by Crippen LogP contribution is 2.41. The van der Waals surface area contributed by atoms with Gasteiger partial charge in [0, 0.05) is 36.6 Å². The number of benzene rings is 1. The molecule has 1 aliphatic heterocycles. The Morgan fingerprint density at radius 1 is 1.19 bits per heavy atom. The molecule has 1 fully saturated rings. The molecular formula is C26H29F3N6O6S. The van der Waals surface area contributed by atoms with Gasteiger partial charge in [-0.25, -0.2) is 23.2 Å². The van der Waals surface area contributed by atoms with Gasteiger partial charge in [0.2, 0.25) is 0 Å². The summed E-state index contributed by atoms with van der Waals surface area (Å²) < 4.78 is 58.9. The topological polar surface area (TPSA) is 177 Å². The maximum atomic E-state index is 13.3. The van der Waals surface area contributed by atoms with Crippen LogP contribution in [-0.2, 0) is 21.2 Å². The van der Waals surface area contributed by atoms with E-state index in [0.717, 1.165) is 19.1 Å². The van der Waals surface area contributed by atoms with Crippen molar-refractivity contribution in [3.63, 3.8) is 0 Å². The smallest absolute Gasteiger partial charge is 0.475 e. The molecule has 1 atom stereocenters. The summed E-state index contributed by atoms with van der Waals surface area (Å²) in [7, 11) is -3.70. The Kier molecular flexibility index (Phi) is 7.97. The second-order valence-electron chi connectivity index (χ2n) is 10.6. The van der Waals surface area contributed by atoms with Gasteiger partial charge in [0.05, 0.1) is 22.3 Å². The third-order valence-electron chi connectivity index (χ3n) is 6.90. The molecule has 1 saturated carbocycles. The van der Waals surface area contributed by atoms with E-state index in [-0.39, 0.29) is 45.9 Å². The number of anilines is 1. The van der Waals surface area contributed by atoms with Crippen LogP contribution < -0.4 is 11.1 Å². The number of alkyl halides is 3. The number of aliphatic carboxylic acids is 1. The number of carbonyl (C=O) groups excluding carboxylic acids is 2. The van der Waals surface area contributed by atoms with Crippen LogP contribution >= 0.6 is 0 Å². The maximum Gasteiger partial charge on any atom is 0.490 e. The number of sulfone groups is 1. The van der Waals surface area contributed by atoms with Crippen LogP contribution in [-0.4, -0.2) is 75.1 Å². The fourth-order valence-electron chi connectivity index (χ4n) is 4.71. The summed E-state index contributed by atoms with van der Waals surface area (Å²) in [6, 6.07) is 3.30. The normalized spacial score (nSPS) is 15.8. The van der Waals surface area contributed by atoms with Gasteiger partial charge in [-0.15, -0.1) is 0 Å². The largest absolute Gasteiger partial charge is 0.490 e. The number of hydrogen-bond acceptors (Lipinski definition) is 8. The van der Waals surface area contributed by atoms with E-state index in [2.05, 4.69) is 15.3 Å². The number of halogens is 3. The Morgan fingerprint density at radius 2 is 1.81 bits per heavy atom. The van der Waals surface area contributed by atoms with Crippen LogP contribution in [0.15, 0.2) is 29.4 Å². The van der Waals surface area contributed by atoms with Crippen molar-refractivity contribution in [3.8, 4) is 11.3 Å². The van der Waals surface area contributed by atoms with Gasteiger partial charge in [0.25, 0.3) is 11.8 Å². The van der Waals surface area contributed by atoms with Crippen LogP contribution in [0.4, 0.5) is 19.0 Å². The quantitative estimate of drug-likeness (QED) is 0.379. The number of nitrogen functional groups attached to an aromatic ring is 1. The second-order valence-corrected chi connectivity index (χ2v) is 12.6. The number of imidazole rings is 1. The van der Waals surface area contributed by atoms with Crippen LogP contribution in [0.1, 0.15) is 60.0 Å². The summed E-state index contributed by atoms with van der Waals surface area (Å²) in [4.78, 5) is 45.0. The van der Waals surface area contributed by atoms with Crippen LogP contribution in [0.2, 0.25) is 0 Å². The van der Waals surface area contributed by atoms with Crippen LogP contribution in [0.25, 0.3) is 16.9 Å². The first-order valence-electron chi connectivity index (χ1n) is 12.8. The SMILES string of the molecule is CC(C)NC(=O)c1cn2c(-c3cc4c(c(S(C)(=O)=O)c3)C(=O)N(C(C)C3CC3)C4)cnc2c(N)n1.O=C(O)C(F)(F)F. The highest BCUT2D eigenvalue weighted by molar-refractivity contribution is 7.90. The van der Waals surface area contributed by atoms with Crippen LogP contribution in [0, 0.1) is 5.92 Å². The predicted molar refractivity (Wildman–Crippen MR) is 144 cm³/mol. The molecule has 0 saturated heterocycles. The summed E-state index contributed by atoms with van der Waals surface area (Å²) in [5.74, 6) is -2.84. The number of hydrogen-bond donors (Lipinski definition) is 3. The molecule has 0 bridgehead atoms. The van der Waals surface area contributed by atoms with Crippen molar-refractivity contribution in [2.24, 2.45) is 5.92 Å². The molecule has 226 valence electrons. The van der Waals surface area contributed by atoms with Gasteiger partial charge in [-0.3, -0.25) is 14.0 Å². The third kappa shape index (κ3) is 6.17. The molecule has 0 radical (unpaired) electrons. The van der Waals surface area contributed by atoms with Crippen molar-refractivity contribution in [1.82, 2.24) is 24.6 Å². The van der Waals surface area contributed by atoms with Crippen molar-refractivity contribution in [2.75, 3.05) is 12.0 Å². The molecular weight excluding hydrogens is 581 g/mol. The van der Waals surface area contributed by atoms with Gasteiger partial charge >= 0.3 is 12.1 Å². The lowest BCUT2D eigenvalue weighted by atomic mass is 10.0. The van der Waals surface area contributed by atoms with E-state index < -0.39 is 22.0 Å². The molecule has 1 aliphatic carbocycles. The molecule has 42 heavy (non-hydrogen) atoms. The van der Waals surface area contributed by atoms with E-state index in [1.165, 1.54) is 12.3 Å². The molecule has 2 amide bonds. The molecule has 2 aromatic heterocycles. The highest BCUT2D eigenvalue weighted by atomic mass is 32.2. The van der Waals surface area contributed by atoms with E-state index in [1.54, 1.807) is 15.5 Å². The number of nitrogens with one attached hydrogen (secondary N) is 1. The number of rotatable bonds is 6. The molecule has 1 aromatic carbocycles.